The van der Waals surface area contributed by atoms with Gasteiger partial charge in [0.05, 0.1) is 23.8 Å². The van der Waals surface area contributed by atoms with E-state index >= 15 is 0 Å². The van der Waals surface area contributed by atoms with Crippen molar-refractivity contribution in [2.24, 2.45) is 0 Å². The Balaban J connectivity index is 1.32. The van der Waals surface area contributed by atoms with Crippen LogP contribution in [-0.4, -0.2) is 60.2 Å². The van der Waals surface area contributed by atoms with Crippen molar-refractivity contribution in [2.45, 2.75) is 6.18 Å². The first-order chi connectivity index (χ1) is 18.3. The molecule has 1 fully saturated rings. The number of hydrogen-bond acceptors (Lipinski definition) is 7. The van der Waals surface area contributed by atoms with E-state index in [4.69, 9.17) is 21.1 Å². The molecule has 200 valence electrons. The van der Waals surface area contributed by atoms with Crippen LogP contribution < -0.4 is 15.4 Å². The number of halogens is 4. The summed E-state index contributed by atoms with van der Waals surface area (Å²) in [5.41, 5.74) is -0.403. The van der Waals surface area contributed by atoms with E-state index in [1.165, 1.54) is 18.2 Å². The van der Waals surface area contributed by atoms with Crippen molar-refractivity contribution in [3.8, 4) is 11.6 Å². The minimum atomic E-state index is -4.63. The number of anilines is 2. The molecule has 0 spiro atoms. The molecular formula is C26H25ClF3N5O3. The summed E-state index contributed by atoms with van der Waals surface area (Å²) >= 11 is 5.62. The molecule has 4 rings (SSSR count). The predicted octanol–water partition coefficient (Wildman–Crippen LogP) is 5.34. The van der Waals surface area contributed by atoms with E-state index in [0.29, 0.717) is 29.7 Å². The van der Waals surface area contributed by atoms with Gasteiger partial charge in [0.25, 0.3) is 0 Å². The number of aromatic nitrogens is 2. The number of nitrogens with zero attached hydrogens (tertiary/aromatic N) is 3. The molecule has 0 atom stereocenters. The molecule has 0 saturated carbocycles. The number of nitrogens with one attached hydrogen (secondary N) is 2. The fourth-order valence-corrected chi connectivity index (χ4v) is 3.84. The highest BCUT2D eigenvalue weighted by Gasteiger charge is 2.33. The molecule has 8 nitrogen and oxygen atoms in total. The van der Waals surface area contributed by atoms with Crippen molar-refractivity contribution < 1.29 is 27.4 Å². The van der Waals surface area contributed by atoms with Crippen LogP contribution in [0.4, 0.5) is 24.8 Å². The van der Waals surface area contributed by atoms with Crippen LogP contribution in [0, 0.1) is 0 Å². The molecule has 2 heterocycles. The van der Waals surface area contributed by atoms with Crippen molar-refractivity contribution in [1.82, 2.24) is 14.9 Å². The highest BCUT2D eigenvalue weighted by Crippen LogP contribution is 2.36. The lowest BCUT2D eigenvalue weighted by Crippen LogP contribution is -2.39. The fraction of sp³-hybridized carbons (Fsp3) is 0.269. The third kappa shape index (κ3) is 8.17. The Morgan fingerprint density at radius 1 is 1.16 bits per heavy atom. The average molecular weight is 548 g/mol. The first kappa shape index (κ1) is 27.4. The lowest BCUT2D eigenvalue weighted by molar-refractivity contribution is -0.137. The van der Waals surface area contributed by atoms with Crippen LogP contribution in [0.3, 0.4) is 0 Å². The van der Waals surface area contributed by atoms with Gasteiger partial charge in [0.1, 0.15) is 5.75 Å². The summed E-state index contributed by atoms with van der Waals surface area (Å²) in [6.07, 6.45) is -0.310. The Labute approximate surface area is 222 Å². The summed E-state index contributed by atoms with van der Waals surface area (Å²) in [6, 6.07) is 11.7. The molecular weight excluding hydrogens is 523 g/mol. The molecule has 38 heavy (non-hydrogen) atoms. The van der Waals surface area contributed by atoms with Gasteiger partial charge in [0.15, 0.2) is 0 Å². The second-order valence-corrected chi connectivity index (χ2v) is 8.70. The van der Waals surface area contributed by atoms with Crippen molar-refractivity contribution >= 4 is 35.2 Å². The van der Waals surface area contributed by atoms with Gasteiger partial charge < -0.3 is 20.1 Å². The van der Waals surface area contributed by atoms with Gasteiger partial charge in [0.2, 0.25) is 17.7 Å². The Morgan fingerprint density at radius 2 is 1.97 bits per heavy atom. The molecule has 0 aliphatic carbocycles. The van der Waals surface area contributed by atoms with Gasteiger partial charge in [-0.15, -0.1) is 0 Å². The van der Waals surface area contributed by atoms with E-state index in [9.17, 15) is 18.0 Å². The topological polar surface area (TPSA) is 88.6 Å². The van der Waals surface area contributed by atoms with Crippen molar-refractivity contribution in [1.29, 1.82) is 0 Å². The fourth-order valence-electron chi connectivity index (χ4n) is 3.61. The molecule has 1 saturated heterocycles. The standard InChI is InChI=1S/C26H25ClF3N5O3/c27-22-6-5-19(17-21(22)26(28,29)30)33-23(36)7-4-18-2-1-3-20(16-18)38-24-8-9-31-25(34-24)32-10-11-35-12-14-37-15-13-35/h1-9,16-17H,10-15H2,(H,33,36)(H,31,32,34). The quantitative estimate of drug-likeness (QED) is 0.350. The van der Waals surface area contributed by atoms with Gasteiger partial charge in [-0.25, -0.2) is 4.98 Å². The van der Waals surface area contributed by atoms with Crippen LogP contribution in [0.2, 0.25) is 5.02 Å². The minimum Gasteiger partial charge on any atom is -0.439 e. The summed E-state index contributed by atoms with van der Waals surface area (Å²) in [5.74, 6) is 0.670. The van der Waals surface area contributed by atoms with Crippen LogP contribution in [0.1, 0.15) is 11.1 Å². The number of alkyl halides is 3. The number of carbonyl (C=O) groups is 1. The number of morpholine rings is 1. The molecule has 1 aliphatic rings. The van der Waals surface area contributed by atoms with E-state index in [2.05, 4.69) is 25.5 Å². The van der Waals surface area contributed by atoms with E-state index in [-0.39, 0.29) is 5.69 Å². The summed E-state index contributed by atoms with van der Waals surface area (Å²) in [7, 11) is 0. The van der Waals surface area contributed by atoms with Crippen LogP contribution in [0.5, 0.6) is 11.6 Å². The van der Waals surface area contributed by atoms with Gasteiger partial charge >= 0.3 is 6.18 Å². The monoisotopic (exact) mass is 547 g/mol. The third-order valence-electron chi connectivity index (χ3n) is 5.49. The normalized spacial score (nSPS) is 14.4. The zero-order valence-electron chi connectivity index (χ0n) is 20.2. The van der Waals surface area contributed by atoms with Crippen molar-refractivity contribution in [3.63, 3.8) is 0 Å². The van der Waals surface area contributed by atoms with E-state index in [1.54, 1.807) is 36.5 Å². The van der Waals surface area contributed by atoms with Crippen LogP contribution in [-0.2, 0) is 15.7 Å². The van der Waals surface area contributed by atoms with Crippen molar-refractivity contribution in [3.05, 3.63) is 77.0 Å². The van der Waals surface area contributed by atoms with Gasteiger partial charge in [-0.05, 0) is 42.0 Å². The lowest BCUT2D eigenvalue weighted by atomic mass is 10.2. The van der Waals surface area contributed by atoms with Gasteiger partial charge in [0, 0.05) is 50.2 Å². The zero-order chi connectivity index (χ0) is 27.0. The molecule has 3 aromatic rings. The van der Waals surface area contributed by atoms with Crippen molar-refractivity contribution in [2.75, 3.05) is 50.0 Å². The molecule has 1 amide bonds. The maximum atomic E-state index is 13.0. The van der Waals surface area contributed by atoms with Crippen LogP contribution in [0.25, 0.3) is 6.08 Å². The Morgan fingerprint density at radius 3 is 2.76 bits per heavy atom. The Hall–Kier alpha value is -3.67. The van der Waals surface area contributed by atoms with Gasteiger partial charge in [-0.2, -0.15) is 18.2 Å². The van der Waals surface area contributed by atoms with Crippen LogP contribution >= 0.6 is 11.6 Å². The predicted molar refractivity (Wildman–Crippen MR) is 138 cm³/mol. The largest absolute Gasteiger partial charge is 0.439 e. The number of amides is 1. The SMILES string of the molecule is O=C(C=Cc1cccc(Oc2ccnc(NCCN3CCOCC3)n2)c1)Nc1ccc(Cl)c(C(F)(F)F)c1. The number of benzene rings is 2. The molecule has 12 heteroatoms. The third-order valence-corrected chi connectivity index (χ3v) is 5.82. The molecule has 2 N–H and O–H groups in total. The van der Waals surface area contributed by atoms with Gasteiger partial charge in [-0.1, -0.05) is 23.7 Å². The van der Waals surface area contributed by atoms with Gasteiger partial charge in [-0.3, -0.25) is 9.69 Å². The summed E-state index contributed by atoms with van der Waals surface area (Å²) in [4.78, 5) is 23.1. The maximum absolute atomic E-state index is 13.0. The summed E-state index contributed by atoms with van der Waals surface area (Å²) < 4.78 is 50.3. The minimum absolute atomic E-state index is 0.0217. The first-order valence-corrected chi connectivity index (χ1v) is 12.1. The average Bonchev–Trinajstić information content (AvgIpc) is 2.89. The maximum Gasteiger partial charge on any atom is 0.417 e. The molecule has 1 aliphatic heterocycles. The Kier molecular flexibility index (Phi) is 9.16. The molecule has 0 bridgehead atoms. The van der Waals surface area contributed by atoms with E-state index in [1.807, 2.05) is 0 Å². The van der Waals surface area contributed by atoms with E-state index in [0.717, 1.165) is 45.0 Å². The Bertz CT molecular complexity index is 1280. The molecule has 2 aromatic carbocycles. The number of hydrogen-bond donors (Lipinski definition) is 2. The molecule has 0 unspecified atom stereocenters. The highest BCUT2D eigenvalue weighted by atomic mass is 35.5. The number of carbonyl (C=O) groups excluding carboxylic acids is 1. The summed E-state index contributed by atoms with van der Waals surface area (Å²) in [5, 5.41) is 5.15. The zero-order valence-corrected chi connectivity index (χ0v) is 20.9. The number of ether oxygens (including phenoxy) is 2. The first-order valence-electron chi connectivity index (χ1n) is 11.8. The summed E-state index contributed by atoms with van der Waals surface area (Å²) in [6.45, 7) is 4.81. The highest BCUT2D eigenvalue weighted by molar-refractivity contribution is 6.31. The lowest BCUT2D eigenvalue weighted by Gasteiger charge is -2.26. The van der Waals surface area contributed by atoms with E-state index < -0.39 is 22.7 Å². The molecule has 1 aromatic heterocycles. The van der Waals surface area contributed by atoms with Crippen LogP contribution in [0.15, 0.2) is 60.8 Å². The second-order valence-electron chi connectivity index (χ2n) is 8.29. The smallest absolute Gasteiger partial charge is 0.417 e. The molecule has 0 radical (unpaired) electrons. The second kappa shape index (κ2) is 12.7. The number of rotatable bonds is 9.